The van der Waals surface area contributed by atoms with E-state index in [9.17, 15) is 26.3 Å². The first kappa shape index (κ1) is 17.0. The molecule has 0 aliphatic heterocycles. The van der Waals surface area contributed by atoms with Crippen molar-refractivity contribution in [2.24, 2.45) is 0 Å². The highest BCUT2D eigenvalue weighted by Crippen LogP contribution is 2.36. The molecule has 25 heavy (non-hydrogen) atoms. The van der Waals surface area contributed by atoms with Gasteiger partial charge >= 0.3 is 12.4 Å². The predicted octanol–water partition coefficient (Wildman–Crippen LogP) is 4.00. The maximum atomic E-state index is 12.8. The molecule has 0 amide bonds. The average molecular weight is 361 g/mol. The minimum absolute atomic E-state index is 0.0834. The summed E-state index contributed by atoms with van der Waals surface area (Å²) in [7, 11) is 0. The van der Waals surface area contributed by atoms with E-state index in [0.717, 1.165) is 0 Å². The molecule has 0 radical (unpaired) electrons. The fourth-order valence-electron chi connectivity index (χ4n) is 2.20. The standard InChI is InChI=1S/C14H9F6N5/c15-13(16,17)8-1-7(2-9(3-8)14(18,19)20)4-21-11-10-12(23-5-22-10)25-6-24-11/h1-3,5-6H,4H2,(H2,21,22,23,24,25). The Morgan fingerprint density at radius 3 is 2.12 bits per heavy atom. The van der Waals surface area contributed by atoms with Gasteiger partial charge in [-0.1, -0.05) is 0 Å². The van der Waals surface area contributed by atoms with Crippen LogP contribution in [-0.2, 0) is 18.9 Å². The quantitative estimate of drug-likeness (QED) is 0.692. The molecule has 0 saturated carbocycles. The van der Waals surface area contributed by atoms with E-state index in [-0.39, 0.29) is 24.0 Å². The number of aromatic amines is 1. The summed E-state index contributed by atoms with van der Waals surface area (Å²) in [5.41, 5.74) is -2.22. The second-order valence-electron chi connectivity index (χ2n) is 5.09. The molecule has 0 aliphatic carbocycles. The van der Waals surface area contributed by atoms with Gasteiger partial charge in [0.15, 0.2) is 11.5 Å². The first-order valence-electron chi connectivity index (χ1n) is 6.81. The van der Waals surface area contributed by atoms with Crippen molar-refractivity contribution in [1.29, 1.82) is 0 Å². The Balaban J connectivity index is 1.92. The first-order chi connectivity index (χ1) is 11.6. The topological polar surface area (TPSA) is 66.5 Å². The molecule has 0 bridgehead atoms. The molecule has 132 valence electrons. The second-order valence-corrected chi connectivity index (χ2v) is 5.09. The molecule has 2 aromatic heterocycles. The fraction of sp³-hybridized carbons (Fsp3) is 0.214. The molecule has 11 heteroatoms. The molecule has 1 aromatic carbocycles. The molecule has 2 heterocycles. The van der Waals surface area contributed by atoms with Gasteiger partial charge in [-0.05, 0) is 23.8 Å². The minimum Gasteiger partial charge on any atom is -0.364 e. The molecule has 0 atom stereocenters. The van der Waals surface area contributed by atoms with Gasteiger partial charge in [-0.2, -0.15) is 26.3 Å². The number of imidazole rings is 1. The maximum Gasteiger partial charge on any atom is 0.416 e. The van der Waals surface area contributed by atoms with Crippen molar-refractivity contribution in [3.05, 3.63) is 47.5 Å². The zero-order valence-electron chi connectivity index (χ0n) is 12.2. The number of benzene rings is 1. The molecule has 0 unspecified atom stereocenters. The Labute approximate surface area is 136 Å². The number of rotatable bonds is 3. The van der Waals surface area contributed by atoms with E-state index in [1.807, 2.05) is 0 Å². The molecule has 0 saturated heterocycles. The number of fused-ring (bicyclic) bond motifs is 1. The van der Waals surface area contributed by atoms with Gasteiger partial charge in [0.1, 0.15) is 11.8 Å². The number of nitrogens with one attached hydrogen (secondary N) is 2. The van der Waals surface area contributed by atoms with Crippen LogP contribution in [0.5, 0.6) is 0 Å². The lowest BCUT2D eigenvalue weighted by Gasteiger charge is -2.14. The number of aromatic nitrogens is 4. The van der Waals surface area contributed by atoms with Crippen LogP contribution in [-0.4, -0.2) is 19.9 Å². The molecule has 0 fully saturated rings. The van der Waals surface area contributed by atoms with Crippen molar-refractivity contribution in [3.63, 3.8) is 0 Å². The average Bonchev–Trinajstić information content (AvgIpc) is 3.00. The third-order valence-corrected chi connectivity index (χ3v) is 3.32. The van der Waals surface area contributed by atoms with Crippen molar-refractivity contribution in [2.45, 2.75) is 18.9 Å². The van der Waals surface area contributed by atoms with Crippen molar-refractivity contribution in [3.8, 4) is 0 Å². The predicted molar refractivity (Wildman–Crippen MR) is 75.5 cm³/mol. The van der Waals surface area contributed by atoms with Crippen molar-refractivity contribution in [2.75, 3.05) is 5.32 Å². The van der Waals surface area contributed by atoms with Gasteiger partial charge in [-0.25, -0.2) is 15.0 Å². The van der Waals surface area contributed by atoms with Crippen LogP contribution < -0.4 is 5.32 Å². The molecule has 0 spiro atoms. The number of hydrogen-bond acceptors (Lipinski definition) is 4. The zero-order valence-corrected chi connectivity index (χ0v) is 12.2. The van der Waals surface area contributed by atoms with Crippen LogP contribution in [0.1, 0.15) is 16.7 Å². The number of alkyl halides is 6. The van der Waals surface area contributed by atoms with Gasteiger partial charge < -0.3 is 10.3 Å². The van der Waals surface area contributed by atoms with Crippen LogP contribution in [0, 0.1) is 0 Å². The summed E-state index contributed by atoms with van der Waals surface area (Å²) in [6.45, 7) is -0.300. The third-order valence-electron chi connectivity index (χ3n) is 3.32. The van der Waals surface area contributed by atoms with E-state index in [1.54, 1.807) is 0 Å². The van der Waals surface area contributed by atoms with Gasteiger partial charge in [0.2, 0.25) is 0 Å². The summed E-state index contributed by atoms with van der Waals surface area (Å²) in [4.78, 5) is 14.4. The van der Waals surface area contributed by atoms with Crippen LogP contribution in [0.3, 0.4) is 0 Å². The lowest BCUT2D eigenvalue weighted by molar-refractivity contribution is -0.143. The number of nitrogens with zero attached hydrogens (tertiary/aromatic N) is 3. The highest BCUT2D eigenvalue weighted by atomic mass is 19.4. The smallest absolute Gasteiger partial charge is 0.364 e. The highest BCUT2D eigenvalue weighted by molar-refractivity contribution is 5.81. The summed E-state index contributed by atoms with van der Waals surface area (Å²) in [5.74, 6) is 0.192. The maximum absolute atomic E-state index is 12.8. The van der Waals surface area contributed by atoms with E-state index >= 15 is 0 Å². The lowest BCUT2D eigenvalue weighted by Crippen LogP contribution is -2.13. The van der Waals surface area contributed by atoms with Crippen molar-refractivity contribution in [1.82, 2.24) is 19.9 Å². The summed E-state index contributed by atoms with van der Waals surface area (Å²) in [6, 6.07) is 1.40. The van der Waals surface area contributed by atoms with Crippen LogP contribution in [0.2, 0.25) is 0 Å². The SMILES string of the molecule is FC(F)(F)c1cc(CNc2ncnc3[nH]cnc23)cc(C(F)(F)F)c1. The second kappa shape index (κ2) is 5.90. The highest BCUT2D eigenvalue weighted by Gasteiger charge is 2.36. The van der Waals surface area contributed by atoms with E-state index in [4.69, 9.17) is 0 Å². The molecule has 2 N–H and O–H groups in total. The van der Waals surface area contributed by atoms with Gasteiger partial charge in [-0.15, -0.1) is 0 Å². The number of anilines is 1. The monoisotopic (exact) mass is 361 g/mol. The minimum atomic E-state index is -4.89. The Bertz CT molecular complexity index is 866. The number of H-pyrrole nitrogens is 1. The van der Waals surface area contributed by atoms with Crippen LogP contribution >= 0.6 is 0 Å². The Morgan fingerprint density at radius 1 is 0.880 bits per heavy atom. The normalized spacial score (nSPS) is 12.6. The molecule has 3 aromatic rings. The van der Waals surface area contributed by atoms with Crippen molar-refractivity contribution < 1.29 is 26.3 Å². The molecular weight excluding hydrogens is 352 g/mol. The fourth-order valence-corrected chi connectivity index (χ4v) is 2.20. The van der Waals surface area contributed by atoms with Gasteiger partial charge in [0.05, 0.1) is 17.5 Å². The van der Waals surface area contributed by atoms with Gasteiger partial charge in [-0.3, -0.25) is 0 Å². The Morgan fingerprint density at radius 2 is 1.52 bits per heavy atom. The zero-order chi connectivity index (χ0) is 18.2. The summed E-state index contributed by atoms with van der Waals surface area (Å²) in [5, 5.41) is 2.68. The Kier molecular flexibility index (Phi) is 4.01. The molecular formula is C14H9F6N5. The van der Waals surface area contributed by atoms with Crippen LogP contribution in [0.15, 0.2) is 30.9 Å². The summed E-state index contributed by atoms with van der Waals surface area (Å²) < 4.78 is 77.1. The van der Waals surface area contributed by atoms with Gasteiger partial charge in [0, 0.05) is 6.54 Å². The lowest BCUT2D eigenvalue weighted by atomic mass is 10.0. The van der Waals surface area contributed by atoms with Crippen LogP contribution in [0.25, 0.3) is 11.2 Å². The largest absolute Gasteiger partial charge is 0.416 e. The van der Waals surface area contributed by atoms with E-state index in [1.165, 1.54) is 12.7 Å². The summed E-state index contributed by atoms with van der Waals surface area (Å²) in [6.07, 6.45) is -7.24. The third kappa shape index (κ3) is 3.64. The molecule has 5 nitrogen and oxygen atoms in total. The first-order valence-corrected chi connectivity index (χ1v) is 6.81. The number of halogens is 6. The molecule has 0 aliphatic rings. The van der Waals surface area contributed by atoms with Gasteiger partial charge in [0.25, 0.3) is 0 Å². The van der Waals surface area contributed by atoms with E-state index in [2.05, 4.69) is 25.3 Å². The Hall–Kier alpha value is -2.85. The van der Waals surface area contributed by atoms with E-state index in [0.29, 0.717) is 23.3 Å². The molecule has 3 rings (SSSR count). The van der Waals surface area contributed by atoms with Crippen molar-refractivity contribution >= 4 is 17.0 Å². The summed E-state index contributed by atoms with van der Waals surface area (Å²) >= 11 is 0. The number of hydrogen-bond donors (Lipinski definition) is 2. The van der Waals surface area contributed by atoms with E-state index < -0.39 is 23.5 Å². The van der Waals surface area contributed by atoms with Crippen LogP contribution in [0.4, 0.5) is 32.2 Å².